The molecule has 0 aliphatic heterocycles. The Labute approximate surface area is 170 Å². The molecule has 0 aromatic carbocycles. The Hall–Kier alpha value is -2.30. The predicted octanol–water partition coefficient (Wildman–Crippen LogP) is 2.19. The third kappa shape index (κ3) is 3.11. The van der Waals surface area contributed by atoms with E-state index in [4.69, 9.17) is 17.0 Å². The topological polar surface area (TPSA) is 93.9 Å². The number of nitrogens with one attached hydrogen (secondary N) is 2. The fraction of sp³-hybridized carbons (Fsp3) is 0.444. The largest absolute Gasteiger partial charge is 0.383 e. The maximum absolute atomic E-state index is 13.4. The number of carbonyl (C=O) groups excluding carboxylic acids is 1. The van der Waals surface area contributed by atoms with Crippen molar-refractivity contribution < 1.29 is 9.53 Å². The van der Waals surface area contributed by atoms with Crippen LogP contribution in [0.2, 0.25) is 0 Å². The van der Waals surface area contributed by atoms with Crippen LogP contribution in [-0.2, 0) is 24.1 Å². The van der Waals surface area contributed by atoms with Gasteiger partial charge < -0.3 is 15.0 Å². The quantitative estimate of drug-likeness (QED) is 0.472. The van der Waals surface area contributed by atoms with Crippen LogP contribution in [0.1, 0.15) is 34.3 Å². The minimum absolute atomic E-state index is 0.172. The lowest BCUT2D eigenvalue weighted by Crippen LogP contribution is -2.29. The van der Waals surface area contributed by atoms with Gasteiger partial charge in [0.1, 0.15) is 10.5 Å². The van der Waals surface area contributed by atoms with Crippen molar-refractivity contribution in [2.45, 2.75) is 32.7 Å². The van der Waals surface area contributed by atoms with Crippen LogP contribution >= 0.6 is 23.6 Å². The number of aromatic nitrogens is 4. The van der Waals surface area contributed by atoms with Gasteiger partial charge in [0.25, 0.3) is 11.5 Å². The highest BCUT2D eigenvalue weighted by molar-refractivity contribution is 7.71. The first-order chi connectivity index (χ1) is 13.5. The second-order valence-corrected chi connectivity index (χ2v) is 8.09. The summed E-state index contributed by atoms with van der Waals surface area (Å²) < 4.78 is 8.26. The second-order valence-electron chi connectivity index (χ2n) is 6.60. The minimum Gasteiger partial charge on any atom is -0.383 e. The first-order valence-corrected chi connectivity index (χ1v) is 10.4. The number of aromatic amines is 1. The molecule has 1 aliphatic carbocycles. The van der Waals surface area contributed by atoms with Crippen molar-refractivity contribution in [3.8, 4) is 5.69 Å². The van der Waals surface area contributed by atoms with Crippen molar-refractivity contribution in [3.63, 3.8) is 0 Å². The Bertz CT molecular complexity index is 1170. The van der Waals surface area contributed by atoms with E-state index in [0.717, 1.165) is 29.7 Å². The van der Waals surface area contributed by atoms with E-state index >= 15 is 0 Å². The van der Waals surface area contributed by atoms with E-state index in [1.807, 2.05) is 6.92 Å². The number of ether oxygens (including phenoxy) is 1. The maximum Gasteiger partial charge on any atom is 0.274 e. The lowest BCUT2D eigenvalue weighted by Gasteiger charge is -2.08. The molecule has 1 aliphatic rings. The molecule has 4 rings (SSSR count). The summed E-state index contributed by atoms with van der Waals surface area (Å²) in [5.74, 6) is -0.365. The van der Waals surface area contributed by atoms with Gasteiger partial charge >= 0.3 is 0 Å². The van der Waals surface area contributed by atoms with E-state index in [9.17, 15) is 9.59 Å². The first kappa shape index (κ1) is 19.0. The zero-order chi connectivity index (χ0) is 19.8. The van der Waals surface area contributed by atoms with Crippen LogP contribution in [0.3, 0.4) is 0 Å². The number of hydrogen-bond acceptors (Lipinski definition) is 6. The van der Waals surface area contributed by atoms with Crippen LogP contribution < -0.4 is 10.9 Å². The van der Waals surface area contributed by atoms with Crippen LogP contribution in [0, 0.1) is 4.77 Å². The van der Waals surface area contributed by atoms with Gasteiger partial charge in [-0.1, -0.05) is 0 Å². The van der Waals surface area contributed by atoms with Crippen molar-refractivity contribution in [1.82, 2.24) is 24.6 Å². The van der Waals surface area contributed by atoms with Gasteiger partial charge in [0.15, 0.2) is 10.5 Å². The molecule has 3 aromatic rings. The Morgan fingerprint density at radius 2 is 2.29 bits per heavy atom. The van der Waals surface area contributed by atoms with Gasteiger partial charge in [-0.15, -0.1) is 11.3 Å². The van der Waals surface area contributed by atoms with E-state index in [0.29, 0.717) is 30.8 Å². The standard InChI is InChI=1S/C18H21N5O3S2/c1-3-22-9-11(14(21-22)15(24)19-7-8-26-2)23-17(25)13-10-5-4-6-12(10)28-16(13)20-18(23)27/h9H,3-8H2,1-2H3,(H,19,24)(H,20,27). The summed E-state index contributed by atoms with van der Waals surface area (Å²) in [6.07, 6.45) is 4.64. The molecule has 0 radical (unpaired) electrons. The van der Waals surface area contributed by atoms with Gasteiger partial charge in [0.05, 0.1) is 18.2 Å². The predicted molar refractivity (Wildman–Crippen MR) is 110 cm³/mol. The minimum atomic E-state index is -0.365. The van der Waals surface area contributed by atoms with Crippen LogP contribution in [-0.4, -0.2) is 45.5 Å². The number of thiophene rings is 1. The molecule has 0 unspecified atom stereocenters. The lowest BCUT2D eigenvalue weighted by molar-refractivity contribution is 0.0931. The summed E-state index contributed by atoms with van der Waals surface area (Å²) in [7, 11) is 1.57. The molecule has 28 heavy (non-hydrogen) atoms. The van der Waals surface area contributed by atoms with Crippen LogP contribution in [0.4, 0.5) is 0 Å². The average molecular weight is 420 g/mol. The Morgan fingerprint density at radius 3 is 3.04 bits per heavy atom. The average Bonchev–Trinajstić information content (AvgIpc) is 3.35. The second kappa shape index (κ2) is 7.61. The first-order valence-electron chi connectivity index (χ1n) is 9.19. The summed E-state index contributed by atoms with van der Waals surface area (Å²) in [5.41, 5.74) is 1.48. The number of methoxy groups -OCH3 is 1. The summed E-state index contributed by atoms with van der Waals surface area (Å²) in [5, 5.41) is 7.80. The van der Waals surface area contributed by atoms with E-state index < -0.39 is 0 Å². The number of fused-ring (bicyclic) bond motifs is 3. The molecule has 1 amide bonds. The van der Waals surface area contributed by atoms with Crippen LogP contribution in [0.15, 0.2) is 11.0 Å². The van der Waals surface area contributed by atoms with Crippen LogP contribution in [0.5, 0.6) is 0 Å². The summed E-state index contributed by atoms with van der Waals surface area (Å²) in [6.45, 7) is 3.23. The molecule has 0 fully saturated rings. The molecule has 10 heteroatoms. The van der Waals surface area contributed by atoms with E-state index in [1.165, 1.54) is 9.44 Å². The van der Waals surface area contributed by atoms with E-state index in [2.05, 4.69) is 15.4 Å². The van der Waals surface area contributed by atoms with Crippen molar-refractivity contribution in [2.75, 3.05) is 20.3 Å². The summed E-state index contributed by atoms with van der Waals surface area (Å²) >= 11 is 7.08. The molecule has 0 bridgehead atoms. The van der Waals surface area contributed by atoms with Gasteiger partial charge in [0.2, 0.25) is 0 Å². The monoisotopic (exact) mass is 419 g/mol. The van der Waals surface area contributed by atoms with Crippen LogP contribution in [0.25, 0.3) is 15.9 Å². The number of carbonyl (C=O) groups is 1. The van der Waals surface area contributed by atoms with Crippen molar-refractivity contribution in [1.29, 1.82) is 0 Å². The van der Waals surface area contributed by atoms with Gasteiger partial charge in [-0.2, -0.15) is 5.10 Å². The molecule has 0 saturated carbocycles. The Balaban J connectivity index is 1.88. The number of H-pyrrole nitrogens is 1. The molecule has 3 aromatic heterocycles. The highest BCUT2D eigenvalue weighted by atomic mass is 32.1. The Morgan fingerprint density at radius 1 is 1.46 bits per heavy atom. The number of rotatable bonds is 6. The number of amides is 1. The lowest BCUT2D eigenvalue weighted by atomic mass is 10.2. The fourth-order valence-electron chi connectivity index (χ4n) is 3.54. The molecule has 3 heterocycles. The molecular weight excluding hydrogens is 398 g/mol. The third-order valence-corrected chi connectivity index (χ3v) is 6.37. The third-order valence-electron chi connectivity index (χ3n) is 4.88. The van der Waals surface area contributed by atoms with E-state index in [-0.39, 0.29) is 21.9 Å². The fourth-order valence-corrected chi connectivity index (χ4v) is 5.17. The molecule has 0 spiro atoms. The SMILES string of the molecule is CCn1cc(-n2c(=S)[nH]c3sc4c(c3c2=O)CCC4)c(C(=O)NCCOC)n1. The molecular formula is C18H21N5O3S2. The molecule has 2 N–H and O–H groups in total. The number of nitrogens with zero attached hydrogens (tertiary/aromatic N) is 3. The normalized spacial score (nSPS) is 13.2. The van der Waals surface area contributed by atoms with Crippen molar-refractivity contribution in [2.24, 2.45) is 0 Å². The zero-order valence-electron chi connectivity index (χ0n) is 15.7. The molecule has 0 atom stereocenters. The highest BCUT2D eigenvalue weighted by Gasteiger charge is 2.25. The maximum atomic E-state index is 13.4. The zero-order valence-corrected chi connectivity index (χ0v) is 17.3. The molecule has 148 valence electrons. The Kier molecular flexibility index (Phi) is 5.17. The summed E-state index contributed by atoms with van der Waals surface area (Å²) in [4.78, 5) is 31.3. The summed E-state index contributed by atoms with van der Waals surface area (Å²) in [6, 6.07) is 0. The van der Waals surface area contributed by atoms with Gasteiger partial charge in [0, 0.05) is 25.1 Å². The smallest absolute Gasteiger partial charge is 0.274 e. The number of aryl methyl sites for hydroxylation is 3. The van der Waals surface area contributed by atoms with Crippen molar-refractivity contribution >= 4 is 39.7 Å². The highest BCUT2D eigenvalue weighted by Crippen LogP contribution is 2.34. The molecule has 0 saturated heterocycles. The van der Waals surface area contributed by atoms with E-state index in [1.54, 1.807) is 29.3 Å². The van der Waals surface area contributed by atoms with Gasteiger partial charge in [-0.05, 0) is 44.0 Å². The number of hydrogen-bond donors (Lipinski definition) is 2. The van der Waals surface area contributed by atoms with Gasteiger partial charge in [-0.3, -0.25) is 14.3 Å². The van der Waals surface area contributed by atoms with Gasteiger partial charge in [-0.25, -0.2) is 4.57 Å². The molecule has 8 nitrogen and oxygen atoms in total. The van der Waals surface area contributed by atoms with Crippen molar-refractivity contribution in [3.05, 3.63) is 37.5 Å².